The van der Waals surface area contributed by atoms with Gasteiger partial charge in [-0.3, -0.25) is 14.4 Å². The number of carboxylic acid groups (broad SMARTS) is 1. The highest BCUT2D eigenvalue weighted by Gasteiger charge is 2.17. The molecule has 5 nitrogen and oxygen atoms in total. The summed E-state index contributed by atoms with van der Waals surface area (Å²) in [6.07, 6.45) is 33.7. The monoisotopic (exact) mass is 580 g/mol. The number of carboxylic acids is 1. The normalized spacial score (nSPS) is 11.2. The molecule has 0 aliphatic heterocycles. The van der Waals surface area contributed by atoms with Crippen LogP contribution in [0, 0.1) is 0 Å². The van der Waals surface area contributed by atoms with E-state index >= 15 is 0 Å². The SMILES string of the molecule is CCCCCCCCCCCCCCCC(=O)CN(CCC(=O)O)C(=O)CCCCCCCCCCCCCCC. The largest absolute Gasteiger partial charge is 0.481 e. The summed E-state index contributed by atoms with van der Waals surface area (Å²) >= 11 is 0. The number of unbranched alkanes of at least 4 members (excludes halogenated alkanes) is 24. The Morgan fingerprint density at radius 2 is 0.756 bits per heavy atom. The van der Waals surface area contributed by atoms with E-state index in [2.05, 4.69) is 13.8 Å². The quantitative estimate of drug-likeness (QED) is 0.0785. The van der Waals surface area contributed by atoms with Crippen molar-refractivity contribution in [3.63, 3.8) is 0 Å². The smallest absolute Gasteiger partial charge is 0.305 e. The van der Waals surface area contributed by atoms with Crippen LogP contribution in [0.5, 0.6) is 0 Å². The Balaban J connectivity index is 3.88. The minimum atomic E-state index is -0.923. The Morgan fingerprint density at radius 1 is 0.439 bits per heavy atom. The molecular weight excluding hydrogens is 510 g/mol. The molecule has 0 bridgehead atoms. The van der Waals surface area contributed by atoms with Crippen molar-refractivity contribution in [1.29, 1.82) is 0 Å². The van der Waals surface area contributed by atoms with Crippen molar-refractivity contribution in [1.82, 2.24) is 4.90 Å². The van der Waals surface area contributed by atoms with Gasteiger partial charge in [0.2, 0.25) is 5.91 Å². The first-order valence-corrected chi connectivity index (χ1v) is 18.0. The minimum absolute atomic E-state index is 0.0620. The highest BCUT2D eigenvalue weighted by Crippen LogP contribution is 2.15. The van der Waals surface area contributed by atoms with Crippen molar-refractivity contribution in [3.05, 3.63) is 0 Å². The van der Waals surface area contributed by atoms with Crippen LogP contribution in [0.3, 0.4) is 0 Å². The van der Waals surface area contributed by atoms with Crippen LogP contribution in [0.4, 0.5) is 0 Å². The summed E-state index contributed by atoms with van der Waals surface area (Å²) in [5, 5.41) is 9.09. The molecule has 0 aromatic heterocycles. The van der Waals surface area contributed by atoms with Crippen molar-refractivity contribution in [2.24, 2.45) is 0 Å². The fourth-order valence-corrected chi connectivity index (χ4v) is 5.61. The number of ketones is 1. The first-order valence-electron chi connectivity index (χ1n) is 18.0. The zero-order chi connectivity index (χ0) is 30.2. The van der Waals surface area contributed by atoms with Gasteiger partial charge < -0.3 is 10.0 Å². The molecule has 0 saturated carbocycles. The average molecular weight is 580 g/mol. The van der Waals surface area contributed by atoms with Crippen LogP contribution in [0.25, 0.3) is 0 Å². The van der Waals surface area contributed by atoms with Crippen molar-refractivity contribution in [2.75, 3.05) is 13.1 Å². The van der Waals surface area contributed by atoms with E-state index in [0.29, 0.717) is 12.8 Å². The second-order valence-corrected chi connectivity index (χ2v) is 12.5. The van der Waals surface area contributed by atoms with Crippen LogP contribution in [0.1, 0.15) is 200 Å². The van der Waals surface area contributed by atoms with Gasteiger partial charge in [0, 0.05) is 19.4 Å². The fourth-order valence-electron chi connectivity index (χ4n) is 5.61. The van der Waals surface area contributed by atoms with E-state index in [-0.39, 0.29) is 31.2 Å². The molecule has 0 rings (SSSR count). The van der Waals surface area contributed by atoms with Crippen LogP contribution >= 0.6 is 0 Å². The zero-order valence-electron chi connectivity index (χ0n) is 27.5. The molecule has 0 heterocycles. The lowest BCUT2D eigenvalue weighted by atomic mass is 10.0. The van der Waals surface area contributed by atoms with E-state index in [1.54, 1.807) is 0 Å². The zero-order valence-corrected chi connectivity index (χ0v) is 27.5. The Morgan fingerprint density at radius 3 is 1.10 bits per heavy atom. The van der Waals surface area contributed by atoms with Gasteiger partial charge in [-0.25, -0.2) is 0 Å². The van der Waals surface area contributed by atoms with E-state index in [0.717, 1.165) is 32.1 Å². The molecule has 0 aliphatic carbocycles. The van der Waals surface area contributed by atoms with Crippen LogP contribution in [0.15, 0.2) is 0 Å². The summed E-state index contributed by atoms with van der Waals surface area (Å²) in [5.41, 5.74) is 0. The molecule has 0 fully saturated rings. The molecule has 5 heteroatoms. The number of rotatable bonds is 33. The molecule has 41 heavy (non-hydrogen) atoms. The third-order valence-corrected chi connectivity index (χ3v) is 8.37. The summed E-state index contributed by atoms with van der Waals surface area (Å²) in [7, 11) is 0. The van der Waals surface area contributed by atoms with Gasteiger partial charge in [0.25, 0.3) is 0 Å². The minimum Gasteiger partial charge on any atom is -0.481 e. The van der Waals surface area contributed by atoms with Gasteiger partial charge in [-0.15, -0.1) is 0 Å². The molecule has 242 valence electrons. The number of nitrogens with zero attached hydrogens (tertiary/aromatic N) is 1. The molecule has 1 amide bonds. The van der Waals surface area contributed by atoms with Crippen molar-refractivity contribution in [3.8, 4) is 0 Å². The first-order chi connectivity index (χ1) is 20.0. The lowest BCUT2D eigenvalue weighted by molar-refractivity contribution is -0.140. The number of carbonyl (C=O) groups excluding carboxylic acids is 2. The third-order valence-electron chi connectivity index (χ3n) is 8.37. The Labute approximate surface area is 255 Å². The van der Waals surface area contributed by atoms with Crippen molar-refractivity contribution < 1.29 is 19.5 Å². The third kappa shape index (κ3) is 29.9. The Bertz CT molecular complexity index is 606. The van der Waals surface area contributed by atoms with E-state index < -0.39 is 5.97 Å². The number of hydrogen-bond acceptors (Lipinski definition) is 3. The Kier molecular flexibility index (Phi) is 30.5. The van der Waals surface area contributed by atoms with Gasteiger partial charge in [-0.1, -0.05) is 168 Å². The number of Topliss-reactive ketones (excluding diaryl/α,β-unsaturated/α-hetero) is 1. The summed E-state index contributed by atoms with van der Waals surface area (Å²) < 4.78 is 0. The van der Waals surface area contributed by atoms with Gasteiger partial charge in [0.1, 0.15) is 0 Å². The topological polar surface area (TPSA) is 74.7 Å². The van der Waals surface area contributed by atoms with Crippen molar-refractivity contribution in [2.45, 2.75) is 200 Å². The number of amides is 1. The van der Waals surface area contributed by atoms with E-state index in [1.807, 2.05) is 0 Å². The highest BCUT2D eigenvalue weighted by molar-refractivity contribution is 5.86. The maximum absolute atomic E-state index is 12.8. The number of aliphatic carboxylic acids is 1. The summed E-state index contributed by atoms with van der Waals surface area (Å²) in [4.78, 5) is 37.9. The predicted octanol–water partition coefficient (Wildman–Crippen LogP) is 10.8. The molecular formula is C36H69NO4. The second kappa shape index (κ2) is 31.5. The van der Waals surface area contributed by atoms with Crippen molar-refractivity contribution >= 4 is 17.7 Å². The molecule has 0 spiro atoms. The number of carbonyl (C=O) groups is 3. The van der Waals surface area contributed by atoms with Gasteiger partial charge in [0.15, 0.2) is 5.78 Å². The molecule has 0 aliphatic rings. The molecule has 0 saturated heterocycles. The van der Waals surface area contributed by atoms with Crippen LogP contribution in [-0.2, 0) is 14.4 Å². The maximum atomic E-state index is 12.8. The lowest BCUT2D eigenvalue weighted by Gasteiger charge is -2.21. The number of hydrogen-bond donors (Lipinski definition) is 1. The first kappa shape index (κ1) is 39.6. The highest BCUT2D eigenvalue weighted by atomic mass is 16.4. The van der Waals surface area contributed by atoms with E-state index in [9.17, 15) is 14.4 Å². The second-order valence-electron chi connectivity index (χ2n) is 12.5. The standard InChI is InChI=1S/C36H69NO4/c1-3-5-7-9-11-13-15-17-19-21-23-25-27-29-34(38)33-37(32-31-36(40)41)35(39)30-28-26-24-22-20-18-16-14-12-10-8-6-4-2/h3-33H2,1-2H3,(H,40,41). The molecule has 0 aromatic rings. The molecule has 0 atom stereocenters. The predicted molar refractivity (Wildman–Crippen MR) is 174 cm³/mol. The van der Waals surface area contributed by atoms with E-state index in [1.165, 1.54) is 140 Å². The summed E-state index contributed by atoms with van der Waals surface area (Å²) in [6.45, 7) is 4.73. The van der Waals surface area contributed by atoms with E-state index in [4.69, 9.17) is 5.11 Å². The Hall–Kier alpha value is -1.39. The van der Waals surface area contributed by atoms with Gasteiger partial charge in [-0.2, -0.15) is 0 Å². The summed E-state index contributed by atoms with van der Waals surface area (Å²) in [5.74, 6) is -0.919. The van der Waals surface area contributed by atoms with Gasteiger partial charge >= 0.3 is 5.97 Å². The fraction of sp³-hybridized carbons (Fsp3) is 0.917. The summed E-state index contributed by atoms with van der Waals surface area (Å²) in [6, 6.07) is 0. The van der Waals surface area contributed by atoms with Crippen LogP contribution in [0.2, 0.25) is 0 Å². The molecule has 0 aromatic carbocycles. The van der Waals surface area contributed by atoms with Gasteiger partial charge in [-0.05, 0) is 12.8 Å². The average Bonchev–Trinajstić information content (AvgIpc) is 2.95. The molecule has 0 unspecified atom stereocenters. The lowest BCUT2D eigenvalue weighted by Crippen LogP contribution is -2.37. The van der Waals surface area contributed by atoms with Crippen LogP contribution in [-0.4, -0.2) is 40.8 Å². The van der Waals surface area contributed by atoms with Gasteiger partial charge in [0.05, 0.1) is 13.0 Å². The maximum Gasteiger partial charge on any atom is 0.305 e. The molecule has 1 N–H and O–H groups in total. The molecule has 0 radical (unpaired) electrons. The van der Waals surface area contributed by atoms with Crippen LogP contribution < -0.4 is 0 Å².